The zero-order chi connectivity index (χ0) is 29.4. The van der Waals surface area contributed by atoms with Crippen molar-refractivity contribution >= 4 is 17.7 Å². The standard InChI is InChI=1S/C34H37FO6S/c1-20-14-24(40-19-34(37)10-12-42-13-11-34)15-21(2)32(20)26-6-8-28(35)33-27(26)7-9-29(33)41-23-4-5-25-22(16-31(36)38-3)18-39-30(25)17-23/h4-6,8,14-15,17,22,29,37H,7,9-13,16,18-19H2,1-3H3/t22-,29-/m1/s1. The summed E-state index contributed by atoms with van der Waals surface area (Å²) in [5, 5.41) is 10.9. The zero-order valence-corrected chi connectivity index (χ0v) is 25.2. The lowest BCUT2D eigenvalue weighted by Crippen LogP contribution is -2.39. The Morgan fingerprint density at radius 3 is 2.60 bits per heavy atom. The lowest BCUT2D eigenvalue weighted by molar-refractivity contribution is -0.141. The fraction of sp³-hybridized carbons (Fsp3) is 0.441. The van der Waals surface area contributed by atoms with E-state index >= 15 is 4.39 Å². The number of carbonyl (C=O) groups excluding carboxylic acids is 1. The molecule has 2 aliphatic heterocycles. The van der Waals surface area contributed by atoms with Crippen LogP contribution in [0.4, 0.5) is 4.39 Å². The van der Waals surface area contributed by atoms with Gasteiger partial charge in [-0.1, -0.05) is 12.1 Å². The largest absolute Gasteiger partial charge is 0.492 e. The van der Waals surface area contributed by atoms with Gasteiger partial charge in [0.05, 0.1) is 20.1 Å². The van der Waals surface area contributed by atoms with Gasteiger partial charge in [0, 0.05) is 23.1 Å². The molecule has 1 N–H and O–H groups in total. The van der Waals surface area contributed by atoms with Crippen LogP contribution >= 0.6 is 11.8 Å². The summed E-state index contributed by atoms with van der Waals surface area (Å²) in [5.74, 6) is 3.38. The van der Waals surface area contributed by atoms with Crippen LogP contribution in [0, 0.1) is 19.7 Å². The van der Waals surface area contributed by atoms with Gasteiger partial charge in [-0.05, 0) is 103 Å². The lowest BCUT2D eigenvalue weighted by atomic mass is 9.90. The van der Waals surface area contributed by atoms with Crippen molar-refractivity contribution in [2.45, 2.75) is 63.6 Å². The summed E-state index contributed by atoms with van der Waals surface area (Å²) in [6.07, 6.45) is 2.71. The summed E-state index contributed by atoms with van der Waals surface area (Å²) in [5.41, 5.74) is 5.96. The SMILES string of the molecule is COC(=O)C[C@@H]1COc2cc(O[C@@H]3CCc4c(-c5c(C)cc(OCC6(O)CCSCC6)cc5C)ccc(F)c43)ccc21. The number of hydrogen-bond acceptors (Lipinski definition) is 7. The fourth-order valence-electron chi connectivity index (χ4n) is 6.52. The molecule has 0 saturated carbocycles. The summed E-state index contributed by atoms with van der Waals surface area (Å²) in [7, 11) is 1.39. The molecule has 3 aliphatic rings. The number of ether oxygens (including phenoxy) is 4. The summed E-state index contributed by atoms with van der Waals surface area (Å²) in [4.78, 5) is 11.8. The van der Waals surface area contributed by atoms with Crippen LogP contribution in [0.2, 0.25) is 0 Å². The molecular weight excluding hydrogens is 555 g/mol. The number of methoxy groups -OCH3 is 1. The fourth-order valence-corrected chi connectivity index (χ4v) is 7.77. The number of aryl methyl sites for hydroxylation is 2. The number of fused-ring (bicyclic) bond motifs is 2. The average Bonchev–Trinajstić information content (AvgIpc) is 3.58. The first-order valence-corrected chi connectivity index (χ1v) is 15.8. The highest BCUT2D eigenvalue weighted by Crippen LogP contribution is 2.45. The number of benzene rings is 3. The van der Waals surface area contributed by atoms with Crippen LogP contribution in [-0.2, 0) is 16.0 Å². The predicted molar refractivity (Wildman–Crippen MR) is 161 cm³/mol. The van der Waals surface area contributed by atoms with Crippen LogP contribution in [0.1, 0.15) is 65.5 Å². The second-order valence-corrected chi connectivity index (χ2v) is 12.9. The van der Waals surface area contributed by atoms with Crippen molar-refractivity contribution in [3.63, 3.8) is 0 Å². The molecule has 0 spiro atoms. The number of carbonyl (C=O) groups is 1. The van der Waals surface area contributed by atoms with E-state index in [2.05, 4.69) is 13.8 Å². The van der Waals surface area contributed by atoms with E-state index in [4.69, 9.17) is 18.9 Å². The van der Waals surface area contributed by atoms with Crippen LogP contribution in [-0.4, -0.2) is 48.5 Å². The predicted octanol–water partition coefficient (Wildman–Crippen LogP) is 6.85. The van der Waals surface area contributed by atoms with Gasteiger partial charge in [0.1, 0.15) is 41.4 Å². The third-order valence-electron chi connectivity index (χ3n) is 8.77. The Kier molecular flexibility index (Phi) is 8.11. The van der Waals surface area contributed by atoms with Crippen LogP contribution in [0.15, 0.2) is 42.5 Å². The third-order valence-corrected chi connectivity index (χ3v) is 9.76. The van der Waals surface area contributed by atoms with Crippen molar-refractivity contribution in [1.82, 2.24) is 0 Å². The number of halogens is 1. The molecule has 6 rings (SSSR count). The smallest absolute Gasteiger partial charge is 0.306 e. The van der Waals surface area contributed by atoms with Gasteiger partial charge < -0.3 is 24.1 Å². The lowest BCUT2D eigenvalue weighted by Gasteiger charge is -2.31. The van der Waals surface area contributed by atoms with Crippen molar-refractivity contribution in [3.8, 4) is 28.4 Å². The van der Waals surface area contributed by atoms with E-state index in [-0.39, 0.29) is 30.7 Å². The second kappa shape index (κ2) is 11.8. The number of hydrogen-bond donors (Lipinski definition) is 1. The highest BCUT2D eigenvalue weighted by molar-refractivity contribution is 7.99. The normalized spacial score (nSPS) is 20.4. The molecule has 3 aromatic rings. The summed E-state index contributed by atoms with van der Waals surface area (Å²) < 4.78 is 38.4. The Labute approximate surface area is 250 Å². The molecule has 2 heterocycles. The van der Waals surface area contributed by atoms with Gasteiger partial charge in [-0.3, -0.25) is 4.79 Å². The van der Waals surface area contributed by atoms with E-state index < -0.39 is 11.7 Å². The number of esters is 1. The molecule has 0 unspecified atom stereocenters. The molecular formula is C34H37FO6S. The van der Waals surface area contributed by atoms with Gasteiger partial charge in [0.15, 0.2) is 0 Å². The number of rotatable bonds is 8. The number of thioether (sulfide) groups is 1. The third kappa shape index (κ3) is 5.71. The molecule has 8 heteroatoms. The highest BCUT2D eigenvalue weighted by Gasteiger charge is 2.33. The van der Waals surface area contributed by atoms with Crippen LogP contribution < -0.4 is 14.2 Å². The van der Waals surface area contributed by atoms with E-state index in [1.54, 1.807) is 6.07 Å². The average molecular weight is 593 g/mol. The monoisotopic (exact) mass is 592 g/mol. The Balaban J connectivity index is 1.22. The van der Waals surface area contributed by atoms with Crippen LogP contribution in [0.25, 0.3) is 11.1 Å². The maximum absolute atomic E-state index is 15.4. The molecule has 0 aromatic heterocycles. The van der Waals surface area contributed by atoms with Gasteiger partial charge >= 0.3 is 5.97 Å². The molecule has 0 amide bonds. The maximum Gasteiger partial charge on any atom is 0.306 e. The van der Waals surface area contributed by atoms with E-state index in [1.165, 1.54) is 7.11 Å². The first kappa shape index (κ1) is 28.9. The molecule has 0 bridgehead atoms. The van der Waals surface area contributed by atoms with Crippen molar-refractivity contribution in [2.75, 3.05) is 31.8 Å². The van der Waals surface area contributed by atoms with Gasteiger partial charge in [-0.15, -0.1) is 0 Å². The minimum absolute atomic E-state index is 0.0481. The van der Waals surface area contributed by atoms with E-state index in [0.29, 0.717) is 36.5 Å². The van der Waals surface area contributed by atoms with E-state index in [0.717, 1.165) is 63.5 Å². The Hall–Kier alpha value is -3.23. The molecule has 1 saturated heterocycles. The quantitative estimate of drug-likeness (QED) is 0.287. The van der Waals surface area contributed by atoms with Crippen molar-refractivity contribution in [1.29, 1.82) is 0 Å². The minimum Gasteiger partial charge on any atom is -0.492 e. The maximum atomic E-state index is 15.4. The molecule has 222 valence electrons. The van der Waals surface area contributed by atoms with E-state index in [9.17, 15) is 9.90 Å². The van der Waals surface area contributed by atoms with Crippen LogP contribution in [0.3, 0.4) is 0 Å². The topological polar surface area (TPSA) is 74.2 Å². The second-order valence-electron chi connectivity index (χ2n) is 11.7. The van der Waals surface area contributed by atoms with Gasteiger partial charge in [-0.25, -0.2) is 4.39 Å². The molecule has 2 atom stereocenters. The Morgan fingerprint density at radius 2 is 1.86 bits per heavy atom. The van der Waals surface area contributed by atoms with Crippen LogP contribution in [0.5, 0.6) is 17.2 Å². The highest BCUT2D eigenvalue weighted by atomic mass is 32.2. The van der Waals surface area contributed by atoms with E-state index in [1.807, 2.05) is 48.2 Å². The molecule has 6 nitrogen and oxygen atoms in total. The first-order chi connectivity index (χ1) is 20.2. The van der Waals surface area contributed by atoms with Crippen molar-refractivity contribution in [3.05, 3.63) is 76.1 Å². The van der Waals surface area contributed by atoms with Gasteiger partial charge in [0.25, 0.3) is 0 Å². The molecule has 0 radical (unpaired) electrons. The summed E-state index contributed by atoms with van der Waals surface area (Å²) >= 11 is 1.87. The Morgan fingerprint density at radius 1 is 1.10 bits per heavy atom. The molecule has 1 aliphatic carbocycles. The zero-order valence-electron chi connectivity index (χ0n) is 24.3. The summed E-state index contributed by atoms with van der Waals surface area (Å²) in [6.45, 7) is 4.81. The van der Waals surface area contributed by atoms with Gasteiger partial charge in [-0.2, -0.15) is 11.8 Å². The number of aliphatic hydroxyl groups is 1. The van der Waals surface area contributed by atoms with Crippen molar-refractivity contribution < 1.29 is 33.2 Å². The molecule has 3 aromatic carbocycles. The Bertz CT molecular complexity index is 1470. The van der Waals surface area contributed by atoms with Gasteiger partial charge in [0.2, 0.25) is 0 Å². The minimum atomic E-state index is -0.770. The summed E-state index contributed by atoms with van der Waals surface area (Å²) in [6, 6.07) is 13.1. The molecule has 42 heavy (non-hydrogen) atoms. The first-order valence-electron chi connectivity index (χ1n) is 14.6. The van der Waals surface area contributed by atoms with Crippen molar-refractivity contribution in [2.24, 2.45) is 0 Å². The molecule has 1 fully saturated rings.